The number of fused-ring (bicyclic) bond motifs is 1. The number of hydrogen-bond donors (Lipinski definition) is 2. The maximum Gasteiger partial charge on any atom is 0.247 e. The molecule has 0 spiro atoms. The topological polar surface area (TPSA) is 67.4 Å². The van der Waals surface area contributed by atoms with Gasteiger partial charge in [-0.2, -0.15) is 0 Å². The summed E-state index contributed by atoms with van der Waals surface area (Å²) in [5.74, 6) is 0.397. The van der Waals surface area contributed by atoms with Crippen molar-refractivity contribution >= 4 is 22.6 Å². The number of carbonyl (C=O) groups excluding carboxylic acids is 2. The molecule has 0 bridgehead atoms. The molecule has 1 unspecified atom stereocenters. The zero-order valence-electron chi connectivity index (χ0n) is 16.6. The van der Waals surface area contributed by atoms with Gasteiger partial charge >= 0.3 is 0 Å². The van der Waals surface area contributed by atoms with Gasteiger partial charge in [0, 0.05) is 7.05 Å². The smallest absolute Gasteiger partial charge is 0.247 e. The van der Waals surface area contributed by atoms with Crippen LogP contribution in [0.4, 0.5) is 0 Å². The highest BCUT2D eigenvalue weighted by molar-refractivity contribution is 5.98. The van der Waals surface area contributed by atoms with E-state index in [4.69, 9.17) is 4.74 Å². The van der Waals surface area contributed by atoms with Crippen LogP contribution in [0.1, 0.15) is 30.0 Å². The second kappa shape index (κ2) is 7.59. The average molecular weight is 388 g/mol. The van der Waals surface area contributed by atoms with Crippen LogP contribution in [0.3, 0.4) is 0 Å². The maximum atomic E-state index is 13.3. The number of ether oxygens (including phenoxy) is 1. The highest BCUT2D eigenvalue weighted by Gasteiger charge is 2.52. The number of nitrogens with one attached hydrogen (secondary N) is 2. The van der Waals surface area contributed by atoms with Crippen molar-refractivity contribution in [3.05, 3.63) is 77.9 Å². The Labute approximate surface area is 170 Å². The second-order valence-corrected chi connectivity index (χ2v) is 7.40. The van der Waals surface area contributed by atoms with Crippen molar-refractivity contribution in [2.75, 3.05) is 14.2 Å². The Kier molecular flexibility index (Phi) is 4.97. The van der Waals surface area contributed by atoms with E-state index in [1.807, 2.05) is 66.7 Å². The molecule has 1 fully saturated rings. The van der Waals surface area contributed by atoms with Gasteiger partial charge in [-0.15, -0.1) is 0 Å². The Hall–Kier alpha value is -3.34. The number of benzene rings is 3. The van der Waals surface area contributed by atoms with E-state index in [9.17, 15) is 9.59 Å². The summed E-state index contributed by atoms with van der Waals surface area (Å²) in [6.07, 6.45) is 1.53. The van der Waals surface area contributed by atoms with Gasteiger partial charge in [-0.05, 0) is 46.9 Å². The van der Waals surface area contributed by atoms with E-state index in [0.29, 0.717) is 0 Å². The molecule has 0 aromatic heterocycles. The highest BCUT2D eigenvalue weighted by atomic mass is 16.5. The van der Waals surface area contributed by atoms with Crippen molar-refractivity contribution in [3.63, 3.8) is 0 Å². The summed E-state index contributed by atoms with van der Waals surface area (Å²) in [5, 5.41) is 7.70. The van der Waals surface area contributed by atoms with Gasteiger partial charge in [0.15, 0.2) is 0 Å². The lowest BCUT2D eigenvalue weighted by molar-refractivity contribution is -0.130. The van der Waals surface area contributed by atoms with Crippen LogP contribution in [-0.2, 0) is 15.0 Å². The third kappa shape index (κ3) is 3.44. The second-order valence-electron chi connectivity index (χ2n) is 7.40. The Bertz CT molecular complexity index is 1050. The standard InChI is InChI=1S/C24H24N2O3/c1-25-22(27)21(20-9-5-7-16-6-3-4-8-19(16)20)26-23(28)24(14-15-24)17-10-12-18(29-2)13-11-17/h3-13,21H,14-15H2,1-2H3,(H,25,27)(H,26,28). The first kappa shape index (κ1) is 19.0. The first-order valence-corrected chi connectivity index (χ1v) is 9.74. The molecule has 1 aliphatic carbocycles. The van der Waals surface area contributed by atoms with Gasteiger partial charge in [0.25, 0.3) is 0 Å². The van der Waals surface area contributed by atoms with Gasteiger partial charge in [0.05, 0.1) is 12.5 Å². The van der Waals surface area contributed by atoms with E-state index in [-0.39, 0.29) is 11.8 Å². The van der Waals surface area contributed by atoms with Gasteiger partial charge in [-0.3, -0.25) is 9.59 Å². The van der Waals surface area contributed by atoms with Gasteiger partial charge in [-0.25, -0.2) is 0 Å². The fourth-order valence-corrected chi connectivity index (χ4v) is 3.88. The minimum Gasteiger partial charge on any atom is -0.497 e. The predicted molar refractivity (Wildman–Crippen MR) is 113 cm³/mol. The monoisotopic (exact) mass is 388 g/mol. The fraction of sp³-hybridized carbons (Fsp3) is 0.250. The number of hydrogen-bond acceptors (Lipinski definition) is 3. The Morgan fingerprint density at radius 3 is 2.31 bits per heavy atom. The summed E-state index contributed by atoms with van der Waals surface area (Å²) in [6, 6.07) is 20.5. The summed E-state index contributed by atoms with van der Waals surface area (Å²) in [7, 11) is 3.20. The van der Waals surface area contributed by atoms with E-state index < -0.39 is 11.5 Å². The third-order valence-corrected chi connectivity index (χ3v) is 5.75. The molecule has 5 nitrogen and oxygen atoms in total. The van der Waals surface area contributed by atoms with Crippen LogP contribution in [0.5, 0.6) is 5.75 Å². The van der Waals surface area contributed by atoms with Crippen LogP contribution in [0.15, 0.2) is 66.7 Å². The van der Waals surface area contributed by atoms with E-state index in [1.54, 1.807) is 14.2 Å². The molecule has 148 valence electrons. The van der Waals surface area contributed by atoms with Crippen molar-refractivity contribution in [2.24, 2.45) is 0 Å². The molecular weight excluding hydrogens is 364 g/mol. The molecule has 0 aliphatic heterocycles. The summed E-state index contributed by atoms with van der Waals surface area (Å²) < 4.78 is 5.22. The fourth-order valence-electron chi connectivity index (χ4n) is 3.88. The molecule has 1 aliphatic rings. The van der Waals surface area contributed by atoms with Crippen LogP contribution >= 0.6 is 0 Å². The average Bonchev–Trinajstić information content (AvgIpc) is 3.59. The Balaban J connectivity index is 1.66. The van der Waals surface area contributed by atoms with Gasteiger partial charge in [-0.1, -0.05) is 54.6 Å². The summed E-state index contributed by atoms with van der Waals surface area (Å²) >= 11 is 0. The van der Waals surface area contributed by atoms with Crippen molar-refractivity contribution in [2.45, 2.75) is 24.3 Å². The maximum absolute atomic E-state index is 13.3. The molecule has 0 radical (unpaired) electrons. The quantitative estimate of drug-likeness (QED) is 0.679. The molecule has 4 rings (SSSR count). The van der Waals surface area contributed by atoms with E-state index in [0.717, 1.165) is 40.5 Å². The molecule has 2 amide bonds. The van der Waals surface area contributed by atoms with Crippen molar-refractivity contribution in [1.82, 2.24) is 10.6 Å². The first-order chi connectivity index (χ1) is 14.1. The third-order valence-electron chi connectivity index (χ3n) is 5.75. The van der Waals surface area contributed by atoms with Gasteiger partial charge in [0.1, 0.15) is 11.8 Å². The number of carbonyl (C=O) groups is 2. The van der Waals surface area contributed by atoms with Gasteiger partial charge in [0.2, 0.25) is 11.8 Å². The zero-order chi connectivity index (χ0) is 20.4. The number of amides is 2. The SMILES string of the molecule is CNC(=O)C(NC(=O)C1(c2ccc(OC)cc2)CC1)c1cccc2ccccc12. The molecular formula is C24H24N2O3. The summed E-state index contributed by atoms with van der Waals surface area (Å²) in [6.45, 7) is 0. The lowest BCUT2D eigenvalue weighted by Gasteiger charge is -2.23. The van der Waals surface area contributed by atoms with Crippen LogP contribution in [0.2, 0.25) is 0 Å². The number of rotatable bonds is 6. The lowest BCUT2D eigenvalue weighted by Crippen LogP contribution is -2.43. The number of methoxy groups -OCH3 is 1. The lowest BCUT2D eigenvalue weighted by atomic mass is 9.93. The molecule has 29 heavy (non-hydrogen) atoms. The molecule has 0 saturated heterocycles. The molecule has 5 heteroatoms. The van der Waals surface area contributed by atoms with E-state index >= 15 is 0 Å². The molecule has 1 atom stereocenters. The predicted octanol–water partition coefficient (Wildman–Crippen LogP) is 3.48. The van der Waals surface area contributed by atoms with Gasteiger partial charge < -0.3 is 15.4 Å². The zero-order valence-corrected chi connectivity index (χ0v) is 16.6. The molecule has 0 heterocycles. The van der Waals surface area contributed by atoms with Crippen LogP contribution < -0.4 is 15.4 Å². The minimum absolute atomic E-state index is 0.121. The molecule has 3 aromatic rings. The van der Waals surface area contributed by atoms with Crippen molar-refractivity contribution in [3.8, 4) is 5.75 Å². The minimum atomic E-state index is -0.755. The van der Waals surface area contributed by atoms with E-state index in [1.165, 1.54) is 0 Å². The molecule has 3 aromatic carbocycles. The largest absolute Gasteiger partial charge is 0.497 e. The summed E-state index contributed by atoms with van der Waals surface area (Å²) in [5.41, 5.74) is 1.16. The van der Waals surface area contributed by atoms with E-state index in [2.05, 4.69) is 10.6 Å². The van der Waals surface area contributed by atoms with Crippen LogP contribution in [0.25, 0.3) is 10.8 Å². The summed E-state index contributed by atoms with van der Waals surface area (Å²) in [4.78, 5) is 26.0. The molecule has 2 N–H and O–H groups in total. The van der Waals surface area contributed by atoms with Crippen LogP contribution in [0, 0.1) is 0 Å². The first-order valence-electron chi connectivity index (χ1n) is 9.74. The Morgan fingerprint density at radius 2 is 1.66 bits per heavy atom. The van der Waals surface area contributed by atoms with Crippen LogP contribution in [-0.4, -0.2) is 26.0 Å². The Morgan fingerprint density at radius 1 is 0.966 bits per heavy atom. The molecule has 1 saturated carbocycles. The number of likely N-dealkylation sites (N-methyl/N-ethyl adjacent to an activating group) is 1. The normalized spacial score (nSPS) is 15.4. The van der Waals surface area contributed by atoms with Crippen molar-refractivity contribution < 1.29 is 14.3 Å². The van der Waals surface area contributed by atoms with Crippen molar-refractivity contribution in [1.29, 1.82) is 0 Å². The highest BCUT2D eigenvalue weighted by Crippen LogP contribution is 2.49.